The van der Waals surface area contributed by atoms with Crippen LogP contribution in [0, 0.1) is 23.0 Å². The molecular weight excluding hydrogens is 480 g/mol. The van der Waals surface area contributed by atoms with Crippen LogP contribution in [0.3, 0.4) is 0 Å². The van der Waals surface area contributed by atoms with Crippen molar-refractivity contribution >= 4 is 46.6 Å². The van der Waals surface area contributed by atoms with Crippen molar-refractivity contribution in [2.45, 2.75) is 11.7 Å². The second-order valence-corrected chi connectivity index (χ2v) is 8.97. The number of benzene rings is 3. The minimum atomic E-state index is -0.731. The average Bonchev–Trinajstić information content (AvgIpc) is 3.13. The zero-order valence-electron chi connectivity index (χ0n) is 17.5. The summed E-state index contributed by atoms with van der Waals surface area (Å²) in [6, 6.07) is 19.2. The third kappa shape index (κ3) is 5.11. The molecule has 3 aromatic carbocycles. The molecule has 0 spiro atoms. The Morgan fingerprint density at radius 3 is 2.18 bits per heavy atom. The number of hydrogen-bond acceptors (Lipinski definition) is 4. The Morgan fingerprint density at radius 1 is 1.00 bits per heavy atom. The number of thioether (sulfide) groups is 1. The van der Waals surface area contributed by atoms with Crippen molar-refractivity contribution in [1.82, 2.24) is 0 Å². The molecule has 2 amide bonds. The summed E-state index contributed by atoms with van der Waals surface area (Å²) in [5, 5.41) is 12.4. The number of hydrogen-bond donors (Lipinski definition) is 1. The van der Waals surface area contributed by atoms with Crippen LogP contribution in [-0.4, -0.2) is 17.1 Å². The minimum absolute atomic E-state index is 0.168. The maximum absolute atomic E-state index is 13.4. The molecule has 4 rings (SSSR count). The van der Waals surface area contributed by atoms with Gasteiger partial charge in [-0.15, -0.1) is 0 Å². The second kappa shape index (κ2) is 10.1. The van der Waals surface area contributed by atoms with Crippen LogP contribution in [-0.2, 0) is 16.0 Å². The zero-order valence-corrected chi connectivity index (χ0v) is 19.0. The smallest absolute Gasteiger partial charge is 0.269 e. The van der Waals surface area contributed by atoms with Gasteiger partial charge >= 0.3 is 0 Å². The van der Waals surface area contributed by atoms with E-state index in [1.807, 2.05) is 6.07 Å². The van der Waals surface area contributed by atoms with Crippen LogP contribution in [0.1, 0.15) is 5.56 Å². The van der Waals surface area contributed by atoms with Gasteiger partial charge in [-0.05, 0) is 72.6 Å². The molecule has 1 atom stereocenters. The lowest BCUT2D eigenvalue weighted by Gasteiger charge is -2.19. The third-order valence-corrected chi connectivity index (χ3v) is 6.54. The predicted molar refractivity (Wildman–Crippen MR) is 128 cm³/mol. The van der Waals surface area contributed by atoms with Gasteiger partial charge in [0.15, 0.2) is 0 Å². The Balaban J connectivity index is 1.71. The Kier molecular flexibility index (Phi) is 6.96. The van der Waals surface area contributed by atoms with E-state index in [2.05, 4.69) is 5.32 Å². The minimum Gasteiger partial charge on any atom is -0.321 e. The van der Waals surface area contributed by atoms with E-state index in [-0.39, 0.29) is 28.7 Å². The highest BCUT2D eigenvalue weighted by Gasteiger charge is 2.40. The molecule has 0 bridgehead atoms. The largest absolute Gasteiger partial charge is 0.321 e. The molecule has 170 valence electrons. The molecule has 5 nitrogen and oxygen atoms in total. The number of anilines is 2. The molecular formula is C25H16ClF2N3O2S. The maximum Gasteiger partial charge on any atom is 0.269 e. The first kappa shape index (κ1) is 23.5. The van der Waals surface area contributed by atoms with Gasteiger partial charge < -0.3 is 5.32 Å². The fourth-order valence-electron chi connectivity index (χ4n) is 3.37. The van der Waals surface area contributed by atoms with Crippen molar-refractivity contribution in [3.05, 3.63) is 106 Å². The van der Waals surface area contributed by atoms with Crippen LogP contribution >= 0.6 is 23.4 Å². The summed E-state index contributed by atoms with van der Waals surface area (Å²) in [7, 11) is 0. The zero-order chi connectivity index (χ0) is 24.2. The molecule has 0 radical (unpaired) electrons. The van der Waals surface area contributed by atoms with Gasteiger partial charge in [0.2, 0.25) is 5.91 Å². The molecule has 0 unspecified atom stereocenters. The first-order valence-corrected chi connectivity index (χ1v) is 11.3. The molecule has 34 heavy (non-hydrogen) atoms. The van der Waals surface area contributed by atoms with Crippen LogP contribution in [0.2, 0.25) is 5.02 Å². The van der Waals surface area contributed by atoms with Gasteiger partial charge in [0.1, 0.15) is 28.3 Å². The van der Waals surface area contributed by atoms with Gasteiger partial charge in [0.05, 0.1) is 5.25 Å². The normalized spacial score (nSPS) is 16.8. The van der Waals surface area contributed by atoms with Gasteiger partial charge in [-0.2, -0.15) is 5.26 Å². The Bertz CT molecular complexity index is 1300. The van der Waals surface area contributed by atoms with Crippen LogP contribution < -0.4 is 10.2 Å². The van der Waals surface area contributed by atoms with E-state index in [9.17, 15) is 23.6 Å². The van der Waals surface area contributed by atoms with Crippen molar-refractivity contribution in [2.75, 3.05) is 10.2 Å². The SMILES string of the molecule is N#C/C(C(=O)Nc1ccc(F)cc1)=C1\S[C@H](Cc2ccc(F)cc2)C(=O)N1c1ccc(Cl)cc1. The molecule has 0 saturated carbocycles. The Hall–Kier alpha value is -3.67. The van der Waals surface area contributed by atoms with E-state index in [1.165, 1.54) is 41.3 Å². The van der Waals surface area contributed by atoms with Crippen LogP contribution in [0.15, 0.2) is 83.4 Å². The van der Waals surface area contributed by atoms with Crippen molar-refractivity contribution in [2.24, 2.45) is 0 Å². The van der Waals surface area contributed by atoms with Crippen LogP contribution in [0.5, 0.6) is 0 Å². The lowest BCUT2D eigenvalue weighted by molar-refractivity contribution is -0.117. The molecule has 0 aromatic heterocycles. The molecule has 3 aromatic rings. The number of nitriles is 1. The topological polar surface area (TPSA) is 73.2 Å². The maximum atomic E-state index is 13.4. The van der Waals surface area contributed by atoms with E-state index in [1.54, 1.807) is 36.4 Å². The molecule has 1 aliphatic heterocycles. The summed E-state index contributed by atoms with van der Waals surface area (Å²) in [5.41, 5.74) is 1.22. The number of amides is 2. The number of carbonyl (C=O) groups excluding carboxylic acids is 2. The van der Waals surface area contributed by atoms with Crippen molar-refractivity contribution < 1.29 is 18.4 Å². The Labute approximate surface area is 203 Å². The highest BCUT2D eigenvalue weighted by atomic mass is 35.5. The first-order chi connectivity index (χ1) is 16.4. The second-order valence-electron chi connectivity index (χ2n) is 7.34. The van der Waals surface area contributed by atoms with Crippen molar-refractivity contribution in [3.8, 4) is 6.07 Å². The van der Waals surface area contributed by atoms with E-state index in [0.29, 0.717) is 16.4 Å². The van der Waals surface area contributed by atoms with Crippen LogP contribution in [0.4, 0.5) is 20.2 Å². The summed E-state index contributed by atoms with van der Waals surface area (Å²) in [5.74, 6) is -1.91. The van der Waals surface area contributed by atoms with Gasteiger partial charge in [0.25, 0.3) is 5.91 Å². The number of rotatable bonds is 5. The predicted octanol–water partition coefficient (Wildman–Crippen LogP) is 5.68. The molecule has 0 aliphatic carbocycles. The first-order valence-electron chi connectivity index (χ1n) is 10.1. The molecule has 9 heteroatoms. The summed E-state index contributed by atoms with van der Waals surface area (Å²) in [6.07, 6.45) is 0.273. The van der Waals surface area contributed by atoms with Gasteiger partial charge in [-0.1, -0.05) is 35.5 Å². The van der Waals surface area contributed by atoms with E-state index in [0.717, 1.165) is 17.3 Å². The van der Waals surface area contributed by atoms with Crippen LogP contribution in [0.25, 0.3) is 0 Å². The number of nitrogens with one attached hydrogen (secondary N) is 1. The molecule has 1 N–H and O–H groups in total. The quantitative estimate of drug-likeness (QED) is 0.365. The monoisotopic (exact) mass is 495 g/mol. The van der Waals surface area contributed by atoms with Crippen molar-refractivity contribution in [3.63, 3.8) is 0 Å². The average molecular weight is 496 g/mol. The fraction of sp³-hybridized carbons (Fsp3) is 0.0800. The summed E-state index contributed by atoms with van der Waals surface area (Å²) in [6.45, 7) is 0. The van der Waals surface area contributed by atoms with Gasteiger partial charge in [0, 0.05) is 16.4 Å². The summed E-state index contributed by atoms with van der Waals surface area (Å²) in [4.78, 5) is 27.7. The molecule has 1 aliphatic rings. The molecule has 1 saturated heterocycles. The number of halogens is 3. The van der Waals surface area contributed by atoms with Gasteiger partial charge in [-0.3, -0.25) is 14.5 Å². The molecule has 1 fully saturated rings. The third-order valence-electron chi connectivity index (χ3n) is 5.03. The lowest BCUT2D eigenvalue weighted by Crippen LogP contribution is -2.30. The van der Waals surface area contributed by atoms with Crippen molar-refractivity contribution in [1.29, 1.82) is 5.26 Å². The number of nitrogens with zero attached hydrogens (tertiary/aromatic N) is 2. The van der Waals surface area contributed by atoms with Gasteiger partial charge in [-0.25, -0.2) is 8.78 Å². The Morgan fingerprint density at radius 2 is 1.59 bits per heavy atom. The van der Waals surface area contributed by atoms with E-state index >= 15 is 0 Å². The van der Waals surface area contributed by atoms with E-state index < -0.39 is 17.0 Å². The molecule has 1 heterocycles. The highest BCUT2D eigenvalue weighted by molar-refractivity contribution is 8.05. The summed E-state index contributed by atoms with van der Waals surface area (Å²) < 4.78 is 26.5. The summed E-state index contributed by atoms with van der Waals surface area (Å²) >= 11 is 7.07. The number of carbonyl (C=O) groups is 2. The fourth-order valence-corrected chi connectivity index (χ4v) is 4.81. The standard InChI is InChI=1S/C25H16ClF2N3O2S/c26-16-3-11-20(12-4-16)31-24(33)22(13-15-1-5-17(27)6-2-15)34-25(31)21(14-29)23(32)30-19-9-7-18(28)8-10-19/h1-12,22H,13H2,(H,30,32)/b25-21+/t22-/m1/s1. The highest BCUT2D eigenvalue weighted by Crippen LogP contribution is 2.42. The lowest BCUT2D eigenvalue weighted by atomic mass is 10.1. The van der Waals surface area contributed by atoms with E-state index in [4.69, 9.17) is 11.6 Å².